The minimum absolute atomic E-state index is 0.125. The first-order valence-corrected chi connectivity index (χ1v) is 9.51. The molecule has 1 aromatic carbocycles. The number of rotatable bonds is 6. The molecular weight excluding hydrogens is 330 g/mol. The van der Waals surface area contributed by atoms with Crippen LogP contribution in [-0.2, 0) is 16.0 Å². The van der Waals surface area contributed by atoms with Gasteiger partial charge in [-0.1, -0.05) is 37.3 Å². The SMILES string of the molecule is CCCN1C(=O)NC2(CCN(C(=O)CCCc3ccccc3)CC2)C1=O. The van der Waals surface area contributed by atoms with Crippen LogP contribution in [0.4, 0.5) is 4.79 Å². The lowest BCUT2D eigenvalue weighted by atomic mass is 9.87. The number of nitrogens with zero attached hydrogens (tertiary/aromatic N) is 2. The number of benzene rings is 1. The Morgan fingerprint density at radius 2 is 1.85 bits per heavy atom. The maximum atomic E-state index is 12.6. The first kappa shape index (κ1) is 18.4. The molecule has 26 heavy (non-hydrogen) atoms. The number of carbonyl (C=O) groups excluding carboxylic acids is 3. The van der Waals surface area contributed by atoms with E-state index in [1.165, 1.54) is 10.5 Å². The van der Waals surface area contributed by atoms with Gasteiger partial charge in [-0.2, -0.15) is 0 Å². The van der Waals surface area contributed by atoms with Gasteiger partial charge >= 0.3 is 6.03 Å². The molecule has 3 rings (SSSR count). The second kappa shape index (κ2) is 7.89. The third-order valence-corrected chi connectivity index (χ3v) is 5.36. The summed E-state index contributed by atoms with van der Waals surface area (Å²) in [6.45, 7) is 3.45. The van der Waals surface area contributed by atoms with E-state index < -0.39 is 5.54 Å². The predicted octanol–water partition coefficient (Wildman–Crippen LogP) is 2.33. The predicted molar refractivity (Wildman–Crippen MR) is 98.5 cm³/mol. The zero-order valence-corrected chi connectivity index (χ0v) is 15.4. The maximum absolute atomic E-state index is 12.6. The van der Waals surface area contributed by atoms with Crippen molar-refractivity contribution in [3.8, 4) is 0 Å². The van der Waals surface area contributed by atoms with Crippen LogP contribution >= 0.6 is 0 Å². The number of nitrogens with one attached hydrogen (secondary N) is 1. The van der Waals surface area contributed by atoms with E-state index in [4.69, 9.17) is 0 Å². The smallest absolute Gasteiger partial charge is 0.325 e. The van der Waals surface area contributed by atoms with Gasteiger partial charge in [-0.3, -0.25) is 14.5 Å². The lowest BCUT2D eigenvalue weighted by Gasteiger charge is -2.37. The second-order valence-electron chi connectivity index (χ2n) is 7.19. The number of piperidine rings is 1. The first-order chi connectivity index (χ1) is 12.6. The van der Waals surface area contributed by atoms with Crippen molar-refractivity contribution in [3.63, 3.8) is 0 Å². The number of amides is 4. The van der Waals surface area contributed by atoms with E-state index in [9.17, 15) is 14.4 Å². The van der Waals surface area contributed by atoms with Crippen LogP contribution in [0, 0.1) is 0 Å². The molecule has 0 radical (unpaired) electrons. The summed E-state index contributed by atoms with van der Waals surface area (Å²) in [7, 11) is 0. The normalized spacial score (nSPS) is 19.1. The summed E-state index contributed by atoms with van der Waals surface area (Å²) in [5.41, 5.74) is 0.445. The highest BCUT2D eigenvalue weighted by molar-refractivity contribution is 6.07. The van der Waals surface area contributed by atoms with Crippen molar-refractivity contribution in [1.29, 1.82) is 0 Å². The molecule has 1 aromatic rings. The molecule has 4 amide bonds. The minimum Gasteiger partial charge on any atom is -0.342 e. The van der Waals surface area contributed by atoms with Gasteiger partial charge in [0.25, 0.3) is 5.91 Å². The molecule has 0 saturated carbocycles. The number of carbonyl (C=O) groups is 3. The highest BCUT2D eigenvalue weighted by Gasteiger charge is 2.52. The molecule has 0 atom stereocenters. The fourth-order valence-electron chi connectivity index (χ4n) is 3.83. The summed E-state index contributed by atoms with van der Waals surface area (Å²) >= 11 is 0. The van der Waals surface area contributed by atoms with Crippen molar-refractivity contribution in [2.45, 2.75) is 51.0 Å². The molecule has 0 aliphatic carbocycles. The monoisotopic (exact) mass is 357 g/mol. The van der Waals surface area contributed by atoms with E-state index in [1.807, 2.05) is 30.0 Å². The Morgan fingerprint density at radius 3 is 2.50 bits per heavy atom. The Balaban J connectivity index is 1.48. The summed E-state index contributed by atoms with van der Waals surface area (Å²) in [5.74, 6) is 0.0125. The zero-order chi connectivity index (χ0) is 18.6. The Hall–Kier alpha value is -2.37. The standard InChI is InChI=1S/C20H27N3O3/c1-2-13-23-18(25)20(21-19(23)26)11-14-22(15-12-20)17(24)10-6-9-16-7-4-3-5-8-16/h3-5,7-8H,2,6,9-15H2,1H3,(H,21,26). The van der Waals surface area contributed by atoms with Gasteiger partial charge in [0, 0.05) is 26.1 Å². The molecule has 6 nitrogen and oxygen atoms in total. The number of hydrogen-bond donors (Lipinski definition) is 1. The molecule has 2 saturated heterocycles. The van der Waals surface area contributed by atoms with Gasteiger partial charge in [-0.05, 0) is 37.7 Å². The van der Waals surface area contributed by atoms with Crippen molar-refractivity contribution in [1.82, 2.24) is 15.1 Å². The Kier molecular flexibility index (Phi) is 5.59. The Labute approximate surface area is 154 Å². The Morgan fingerprint density at radius 1 is 1.15 bits per heavy atom. The largest absolute Gasteiger partial charge is 0.342 e. The highest BCUT2D eigenvalue weighted by Crippen LogP contribution is 2.30. The lowest BCUT2D eigenvalue weighted by Crippen LogP contribution is -2.55. The van der Waals surface area contributed by atoms with Crippen LogP contribution in [0.5, 0.6) is 0 Å². The number of hydrogen-bond acceptors (Lipinski definition) is 3. The van der Waals surface area contributed by atoms with Crippen molar-refractivity contribution in [3.05, 3.63) is 35.9 Å². The summed E-state index contributed by atoms with van der Waals surface area (Å²) in [5, 5.41) is 2.88. The number of aryl methyl sites for hydroxylation is 1. The average Bonchev–Trinajstić information content (AvgIpc) is 2.87. The van der Waals surface area contributed by atoms with Gasteiger partial charge < -0.3 is 10.2 Å². The van der Waals surface area contributed by atoms with Crippen molar-refractivity contribution >= 4 is 17.8 Å². The molecule has 2 heterocycles. The fourth-order valence-corrected chi connectivity index (χ4v) is 3.83. The van der Waals surface area contributed by atoms with E-state index >= 15 is 0 Å². The number of urea groups is 1. The molecule has 0 aromatic heterocycles. The van der Waals surface area contributed by atoms with Crippen molar-refractivity contribution in [2.24, 2.45) is 0 Å². The number of likely N-dealkylation sites (tertiary alicyclic amines) is 1. The summed E-state index contributed by atoms with van der Waals surface area (Å²) in [4.78, 5) is 40.3. The Bertz CT molecular complexity index is 666. The maximum Gasteiger partial charge on any atom is 0.325 e. The lowest BCUT2D eigenvalue weighted by molar-refractivity contribution is -0.138. The summed E-state index contributed by atoms with van der Waals surface area (Å²) < 4.78 is 0. The quantitative estimate of drug-likeness (QED) is 0.795. The molecule has 1 N–H and O–H groups in total. The minimum atomic E-state index is -0.799. The molecule has 140 valence electrons. The molecule has 0 bridgehead atoms. The summed E-state index contributed by atoms with van der Waals surface area (Å²) in [6.07, 6.45) is 3.99. The van der Waals surface area contributed by atoms with Gasteiger partial charge in [-0.15, -0.1) is 0 Å². The van der Waals surface area contributed by atoms with E-state index in [0.29, 0.717) is 38.9 Å². The molecule has 2 aliphatic rings. The first-order valence-electron chi connectivity index (χ1n) is 9.51. The highest BCUT2D eigenvalue weighted by atomic mass is 16.2. The van der Waals surface area contributed by atoms with E-state index in [0.717, 1.165) is 19.3 Å². The van der Waals surface area contributed by atoms with Crippen LogP contribution in [0.2, 0.25) is 0 Å². The molecule has 1 spiro atoms. The average molecular weight is 357 g/mol. The van der Waals surface area contributed by atoms with Gasteiger partial charge in [0.05, 0.1) is 0 Å². The molecule has 6 heteroatoms. The van der Waals surface area contributed by atoms with E-state index in [-0.39, 0.29) is 17.8 Å². The van der Waals surface area contributed by atoms with Crippen LogP contribution < -0.4 is 5.32 Å². The van der Waals surface area contributed by atoms with Crippen molar-refractivity contribution < 1.29 is 14.4 Å². The third kappa shape index (κ3) is 3.74. The fraction of sp³-hybridized carbons (Fsp3) is 0.550. The van der Waals surface area contributed by atoms with Crippen LogP contribution in [0.25, 0.3) is 0 Å². The third-order valence-electron chi connectivity index (χ3n) is 5.36. The molecule has 2 aliphatic heterocycles. The van der Waals surface area contributed by atoms with Crippen molar-refractivity contribution in [2.75, 3.05) is 19.6 Å². The zero-order valence-electron chi connectivity index (χ0n) is 15.4. The van der Waals surface area contributed by atoms with Crippen LogP contribution in [0.15, 0.2) is 30.3 Å². The molecule has 2 fully saturated rings. The number of imide groups is 1. The van der Waals surface area contributed by atoms with Gasteiger partial charge in [-0.25, -0.2) is 4.79 Å². The van der Waals surface area contributed by atoms with Crippen LogP contribution in [0.1, 0.15) is 44.6 Å². The summed E-state index contributed by atoms with van der Waals surface area (Å²) in [6, 6.07) is 9.87. The topological polar surface area (TPSA) is 69.7 Å². The van der Waals surface area contributed by atoms with Gasteiger partial charge in [0.1, 0.15) is 5.54 Å². The van der Waals surface area contributed by atoms with E-state index in [1.54, 1.807) is 0 Å². The molecular formula is C20H27N3O3. The molecule has 0 unspecified atom stereocenters. The van der Waals surface area contributed by atoms with Crippen LogP contribution in [-0.4, -0.2) is 52.8 Å². The second-order valence-corrected chi connectivity index (χ2v) is 7.19. The van der Waals surface area contributed by atoms with Crippen LogP contribution in [0.3, 0.4) is 0 Å². The van der Waals surface area contributed by atoms with E-state index in [2.05, 4.69) is 17.4 Å². The van der Waals surface area contributed by atoms with Gasteiger partial charge in [0.2, 0.25) is 5.91 Å². The van der Waals surface area contributed by atoms with Gasteiger partial charge in [0.15, 0.2) is 0 Å².